The highest BCUT2D eigenvalue weighted by atomic mass is 16.6. The molecule has 222 valence electrons. The first kappa shape index (κ1) is 29.5. The first-order chi connectivity index (χ1) is 19.3. The molecule has 3 fully saturated rings. The molecule has 0 radical (unpaired) electrons. The number of ether oxygens (including phenoxy) is 2. The van der Waals surface area contributed by atoms with Crippen molar-refractivity contribution in [3.8, 4) is 0 Å². The Morgan fingerprint density at radius 3 is 2.49 bits per heavy atom. The highest BCUT2D eigenvalue weighted by Gasteiger charge is 2.62. The molecular weight excluding hydrogens is 522 g/mol. The van der Waals surface area contributed by atoms with Crippen molar-refractivity contribution in [1.29, 1.82) is 0 Å². The molecule has 3 N–H and O–H groups in total. The number of alkyl carbamates (subject to hydrolysis) is 1. The van der Waals surface area contributed by atoms with E-state index in [-0.39, 0.29) is 41.1 Å². The molecule has 0 aromatic heterocycles. The lowest BCUT2D eigenvalue weighted by Gasteiger charge is -2.54. The number of imide groups is 1. The molecule has 1 aliphatic heterocycles. The molecule has 3 aliphatic carbocycles. The third kappa shape index (κ3) is 4.93. The van der Waals surface area contributed by atoms with Crippen molar-refractivity contribution in [3.05, 3.63) is 59.7 Å². The fourth-order valence-electron chi connectivity index (χ4n) is 8.64. The highest BCUT2D eigenvalue weighted by molar-refractivity contribution is 6.02. The van der Waals surface area contributed by atoms with Crippen LogP contribution in [-0.2, 0) is 14.3 Å². The van der Waals surface area contributed by atoms with Gasteiger partial charge in [-0.05, 0) is 86.3 Å². The van der Waals surface area contributed by atoms with E-state index < -0.39 is 41.7 Å². The highest BCUT2D eigenvalue weighted by Crippen LogP contribution is 2.63. The zero-order chi connectivity index (χ0) is 29.9. The maximum atomic E-state index is 12.9. The molecule has 8 heteroatoms. The van der Waals surface area contributed by atoms with E-state index in [4.69, 9.17) is 9.47 Å². The van der Waals surface area contributed by atoms with E-state index in [1.165, 1.54) is 5.57 Å². The monoisotopic (exact) mass is 565 g/mol. The Balaban J connectivity index is 1.42. The summed E-state index contributed by atoms with van der Waals surface area (Å²) in [7, 11) is 0. The van der Waals surface area contributed by atoms with Gasteiger partial charge in [0.15, 0.2) is 6.10 Å². The second kappa shape index (κ2) is 10.7. The third-order valence-electron chi connectivity index (χ3n) is 10.7. The van der Waals surface area contributed by atoms with Crippen molar-refractivity contribution < 1.29 is 34.1 Å². The topological polar surface area (TPSA) is 122 Å². The summed E-state index contributed by atoms with van der Waals surface area (Å²) in [5, 5.41) is 25.4. The Labute approximate surface area is 242 Å². The van der Waals surface area contributed by atoms with Crippen molar-refractivity contribution >= 4 is 18.0 Å². The molecule has 0 spiro atoms. The number of rotatable bonds is 3. The van der Waals surface area contributed by atoms with Crippen LogP contribution in [0.15, 0.2) is 54.1 Å². The zero-order valence-corrected chi connectivity index (χ0v) is 24.6. The molecule has 10 atom stereocenters. The number of esters is 1. The van der Waals surface area contributed by atoms with Crippen molar-refractivity contribution in [2.45, 2.75) is 84.2 Å². The number of benzene rings is 1. The summed E-state index contributed by atoms with van der Waals surface area (Å²) in [5.74, 6) is -1.58. The minimum absolute atomic E-state index is 0.0201. The summed E-state index contributed by atoms with van der Waals surface area (Å²) in [4.78, 5) is 38.1. The molecule has 1 aromatic rings. The number of cyclic esters (lactones) is 1. The van der Waals surface area contributed by atoms with Gasteiger partial charge >= 0.3 is 12.1 Å². The van der Waals surface area contributed by atoms with E-state index in [0.29, 0.717) is 30.4 Å². The standard InChI is InChI=1S/C33H43NO7/c1-17(2)27-25-14-22-19(4)33(39)24(20(5)40-30(37)28(33)35)13-12-18(3)23(22)15-32(25,6)16-26(27)41-31(38)34-29(36)21-10-8-7-9-11-21/h7-12,17,20,22-28,35,39H,4,13-16H2,1-3,5-6H3,(H,34,36,38). The fraction of sp³-hybridized carbons (Fsp3) is 0.606. The van der Waals surface area contributed by atoms with Gasteiger partial charge in [-0.2, -0.15) is 0 Å². The molecule has 1 heterocycles. The predicted molar refractivity (Wildman–Crippen MR) is 152 cm³/mol. The Morgan fingerprint density at radius 2 is 1.83 bits per heavy atom. The summed E-state index contributed by atoms with van der Waals surface area (Å²) >= 11 is 0. The largest absolute Gasteiger partial charge is 0.460 e. The predicted octanol–water partition coefficient (Wildman–Crippen LogP) is 4.81. The molecule has 2 saturated carbocycles. The number of fused-ring (bicyclic) bond motifs is 3. The normalized spacial score (nSPS) is 40.2. The zero-order valence-electron chi connectivity index (χ0n) is 24.6. The van der Waals surface area contributed by atoms with Gasteiger partial charge in [-0.15, -0.1) is 0 Å². The molecule has 4 aliphatic rings. The lowest BCUT2D eigenvalue weighted by molar-refractivity contribution is -0.209. The molecular formula is C33H43NO7. The van der Waals surface area contributed by atoms with Crippen LogP contribution >= 0.6 is 0 Å². The van der Waals surface area contributed by atoms with Crippen LogP contribution in [0.1, 0.15) is 70.7 Å². The van der Waals surface area contributed by atoms with Gasteiger partial charge in [0.25, 0.3) is 5.91 Å². The molecule has 1 saturated heterocycles. The fourth-order valence-corrected chi connectivity index (χ4v) is 8.64. The van der Waals surface area contributed by atoms with Crippen LogP contribution in [-0.4, -0.2) is 52.1 Å². The van der Waals surface area contributed by atoms with Gasteiger partial charge in [-0.3, -0.25) is 10.1 Å². The van der Waals surface area contributed by atoms with E-state index in [1.807, 2.05) is 0 Å². The lowest BCUT2D eigenvalue weighted by Crippen LogP contribution is -2.63. The Bertz CT molecular complexity index is 1260. The number of nitrogens with one attached hydrogen (secondary N) is 1. The van der Waals surface area contributed by atoms with Crippen molar-refractivity contribution in [1.82, 2.24) is 5.32 Å². The van der Waals surface area contributed by atoms with Gasteiger partial charge in [0, 0.05) is 17.4 Å². The van der Waals surface area contributed by atoms with Gasteiger partial charge < -0.3 is 19.7 Å². The molecule has 2 amide bonds. The molecule has 10 unspecified atom stereocenters. The third-order valence-corrected chi connectivity index (χ3v) is 10.7. The summed E-state index contributed by atoms with van der Waals surface area (Å²) in [6.07, 6.45) is 1.34. The maximum Gasteiger partial charge on any atom is 0.414 e. The Morgan fingerprint density at radius 1 is 1.15 bits per heavy atom. The van der Waals surface area contributed by atoms with Gasteiger partial charge in [-0.1, -0.05) is 57.2 Å². The summed E-state index contributed by atoms with van der Waals surface area (Å²) in [6.45, 7) is 14.7. The second-order valence-corrected chi connectivity index (χ2v) is 13.4. The Hall–Kier alpha value is -2.97. The van der Waals surface area contributed by atoms with Crippen molar-refractivity contribution in [2.24, 2.45) is 40.9 Å². The first-order valence-electron chi connectivity index (χ1n) is 14.8. The van der Waals surface area contributed by atoms with Crippen LogP contribution in [0.2, 0.25) is 0 Å². The number of hydrogen-bond donors (Lipinski definition) is 3. The quantitative estimate of drug-likeness (QED) is 0.355. The van der Waals surface area contributed by atoms with Gasteiger partial charge in [0.1, 0.15) is 17.8 Å². The van der Waals surface area contributed by atoms with Crippen LogP contribution in [0, 0.1) is 40.9 Å². The van der Waals surface area contributed by atoms with E-state index in [9.17, 15) is 24.6 Å². The molecule has 0 bridgehead atoms. The smallest absolute Gasteiger partial charge is 0.414 e. The maximum absolute atomic E-state index is 12.9. The van der Waals surface area contributed by atoms with Crippen LogP contribution in [0.4, 0.5) is 4.79 Å². The molecule has 41 heavy (non-hydrogen) atoms. The molecule has 1 aromatic carbocycles. The van der Waals surface area contributed by atoms with Crippen molar-refractivity contribution in [3.63, 3.8) is 0 Å². The van der Waals surface area contributed by atoms with Crippen LogP contribution in [0.5, 0.6) is 0 Å². The summed E-state index contributed by atoms with van der Waals surface area (Å²) in [6, 6.07) is 8.56. The van der Waals surface area contributed by atoms with E-state index in [1.54, 1.807) is 37.3 Å². The average molecular weight is 566 g/mol. The summed E-state index contributed by atoms with van der Waals surface area (Å²) in [5.41, 5.74) is 0.137. The Kier molecular flexibility index (Phi) is 7.70. The SMILES string of the molecule is C=C1C2CC3C(C(C)C)C(OC(=O)NC(=O)c4ccccc4)CC3(C)CC2C(C)=CCC2C(C)OC(=O)C(O)C12O. The number of hydrogen-bond acceptors (Lipinski definition) is 7. The average Bonchev–Trinajstić information content (AvgIpc) is 3.20. The second-order valence-electron chi connectivity index (χ2n) is 13.4. The molecule has 5 rings (SSSR count). The number of allylic oxidation sites excluding steroid dienone is 2. The van der Waals surface area contributed by atoms with E-state index in [0.717, 1.165) is 6.42 Å². The number of aliphatic hydroxyl groups excluding tert-OH is 1. The minimum atomic E-state index is -1.79. The van der Waals surface area contributed by atoms with Crippen LogP contribution < -0.4 is 5.32 Å². The van der Waals surface area contributed by atoms with E-state index >= 15 is 0 Å². The van der Waals surface area contributed by atoms with E-state index in [2.05, 4.69) is 45.7 Å². The van der Waals surface area contributed by atoms with Gasteiger partial charge in [0.05, 0.1) is 0 Å². The first-order valence-corrected chi connectivity index (χ1v) is 14.8. The lowest BCUT2D eigenvalue weighted by atomic mass is 9.53. The van der Waals surface area contributed by atoms with Crippen LogP contribution in [0.25, 0.3) is 0 Å². The number of aliphatic hydroxyl groups is 2. The van der Waals surface area contributed by atoms with Crippen molar-refractivity contribution in [2.75, 3.05) is 0 Å². The number of carbonyl (C=O) groups is 3. The van der Waals surface area contributed by atoms with Gasteiger partial charge in [-0.25, -0.2) is 9.59 Å². The summed E-state index contributed by atoms with van der Waals surface area (Å²) < 4.78 is 11.4. The molecule has 8 nitrogen and oxygen atoms in total. The van der Waals surface area contributed by atoms with Crippen LogP contribution in [0.3, 0.4) is 0 Å². The minimum Gasteiger partial charge on any atom is -0.460 e. The number of amides is 2. The number of carbonyl (C=O) groups excluding carboxylic acids is 3. The van der Waals surface area contributed by atoms with Gasteiger partial charge in [0.2, 0.25) is 0 Å².